The lowest BCUT2D eigenvalue weighted by molar-refractivity contribution is 0.402. The molecule has 0 amide bonds. The normalized spacial score (nSPS) is 11.3. The summed E-state index contributed by atoms with van der Waals surface area (Å²) in [5, 5.41) is 8.42. The highest BCUT2D eigenvalue weighted by molar-refractivity contribution is 9.10. The Bertz CT molecular complexity index is 810. The first-order chi connectivity index (χ1) is 10.8. The van der Waals surface area contributed by atoms with Crippen LogP contribution in [0.25, 0.3) is 0 Å². The van der Waals surface area contributed by atoms with Gasteiger partial charge < -0.3 is 10.1 Å². The second-order valence-electron chi connectivity index (χ2n) is 4.97. The molecule has 1 aromatic carbocycles. The summed E-state index contributed by atoms with van der Waals surface area (Å²) in [5.74, 6) is 1.01. The third-order valence-corrected chi connectivity index (χ3v) is 5.05. The Labute approximate surface area is 144 Å². The van der Waals surface area contributed by atoms with Crippen LogP contribution in [0.2, 0.25) is 0 Å². The summed E-state index contributed by atoms with van der Waals surface area (Å²) < 4.78 is 29.2. The Morgan fingerprint density at radius 2 is 2.04 bits per heavy atom. The maximum Gasteiger partial charge on any atom is 0.241 e. The number of methoxy groups -OCH3 is 1. The molecule has 0 saturated carbocycles. The highest BCUT2D eigenvalue weighted by Gasteiger charge is 2.15. The molecule has 0 saturated heterocycles. The van der Waals surface area contributed by atoms with E-state index in [0.29, 0.717) is 13.0 Å². The van der Waals surface area contributed by atoms with Crippen molar-refractivity contribution in [3.63, 3.8) is 0 Å². The van der Waals surface area contributed by atoms with Crippen molar-refractivity contribution in [2.24, 2.45) is 5.14 Å². The number of rotatable bonds is 6. The van der Waals surface area contributed by atoms with Crippen molar-refractivity contribution < 1.29 is 13.2 Å². The first-order valence-electron chi connectivity index (χ1n) is 6.88. The predicted molar refractivity (Wildman–Crippen MR) is 93.2 cm³/mol. The largest absolute Gasteiger partial charge is 0.495 e. The molecule has 0 bridgehead atoms. The number of hydrogen-bond acceptors (Lipinski definition) is 5. The van der Waals surface area contributed by atoms with Gasteiger partial charge in [-0.15, -0.1) is 0 Å². The van der Waals surface area contributed by atoms with Crippen molar-refractivity contribution in [2.75, 3.05) is 19.0 Å². The molecule has 0 aliphatic rings. The number of sulfonamides is 1. The quantitative estimate of drug-likeness (QED) is 0.777. The third kappa shape index (κ3) is 4.66. The van der Waals surface area contributed by atoms with Crippen molar-refractivity contribution in [1.29, 1.82) is 0 Å². The number of nitrogens with two attached hydrogens (primary N) is 1. The highest BCUT2D eigenvalue weighted by Crippen LogP contribution is 2.24. The molecule has 2 rings (SSSR count). The Kier molecular flexibility index (Phi) is 5.61. The number of ether oxygens (including phenoxy) is 1. The lowest BCUT2D eigenvalue weighted by atomic mass is 10.1. The summed E-state index contributed by atoms with van der Waals surface area (Å²) in [7, 11) is -2.41. The summed E-state index contributed by atoms with van der Waals surface area (Å²) in [6.45, 7) is 2.53. The van der Waals surface area contributed by atoms with Gasteiger partial charge in [-0.3, -0.25) is 0 Å². The number of benzene rings is 1. The first kappa shape index (κ1) is 17.7. The number of halogens is 1. The van der Waals surface area contributed by atoms with E-state index in [1.54, 1.807) is 6.07 Å². The monoisotopic (exact) mass is 399 g/mol. The van der Waals surface area contributed by atoms with Gasteiger partial charge in [-0.1, -0.05) is 6.07 Å². The number of aryl methyl sites for hydroxylation is 1. The average Bonchev–Trinajstić information content (AvgIpc) is 2.50. The first-order valence-corrected chi connectivity index (χ1v) is 9.22. The van der Waals surface area contributed by atoms with E-state index in [-0.39, 0.29) is 10.6 Å². The fourth-order valence-corrected chi connectivity index (χ4v) is 3.04. The number of anilines is 1. The molecule has 0 atom stereocenters. The highest BCUT2D eigenvalue weighted by atomic mass is 79.9. The van der Waals surface area contributed by atoms with Crippen molar-refractivity contribution in [3.05, 3.63) is 46.1 Å². The van der Waals surface area contributed by atoms with Gasteiger partial charge in [0.1, 0.15) is 16.5 Å². The van der Waals surface area contributed by atoms with E-state index in [0.717, 1.165) is 21.5 Å². The van der Waals surface area contributed by atoms with Crippen molar-refractivity contribution in [2.45, 2.75) is 18.2 Å². The van der Waals surface area contributed by atoms with E-state index in [1.807, 2.05) is 25.1 Å². The zero-order valence-corrected chi connectivity index (χ0v) is 15.2. The Balaban J connectivity index is 2.07. The van der Waals surface area contributed by atoms with Crippen LogP contribution in [0.4, 0.5) is 5.82 Å². The SMILES string of the molecule is COc1ccc(CCNc2ccc(Br)c(C)n2)cc1S(N)(=O)=O. The Hall–Kier alpha value is -1.64. The molecule has 3 N–H and O–H groups in total. The van der Waals surface area contributed by atoms with Gasteiger partial charge in [-0.2, -0.15) is 0 Å². The minimum atomic E-state index is -3.82. The van der Waals surface area contributed by atoms with Crippen LogP contribution in [0.3, 0.4) is 0 Å². The average molecular weight is 400 g/mol. The summed E-state index contributed by atoms with van der Waals surface area (Å²) in [5.41, 5.74) is 1.74. The van der Waals surface area contributed by atoms with Crippen LogP contribution in [0.5, 0.6) is 5.75 Å². The summed E-state index contributed by atoms with van der Waals surface area (Å²) in [6, 6.07) is 8.76. The van der Waals surface area contributed by atoms with Crippen LogP contribution in [-0.4, -0.2) is 27.1 Å². The molecule has 1 heterocycles. The number of pyridine rings is 1. The molecule has 0 fully saturated rings. The lowest BCUT2D eigenvalue weighted by Crippen LogP contribution is -2.14. The van der Waals surface area contributed by atoms with E-state index >= 15 is 0 Å². The van der Waals surface area contributed by atoms with Gasteiger partial charge in [-0.25, -0.2) is 18.5 Å². The fourth-order valence-electron chi connectivity index (χ4n) is 2.08. The van der Waals surface area contributed by atoms with Gasteiger partial charge in [0.25, 0.3) is 0 Å². The van der Waals surface area contributed by atoms with Crippen molar-refractivity contribution >= 4 is 31.8 Å². The second-order valence-corrected chi connectivity index (χ2v) is 7.35. The molecule has 0 unspecified atom stereocenters. The van der Waals surface area contributed by atoms with E-state index in [2.05, 4.69) is 26.2 Å². The lowest BCUT2D eigenvalue weighted by Gasteiger charge is -2.10. The van der Waals surface area contributed by atoms with Gasteiger partial charge in [0.2, 0.25) is 10.0 Å². The molecule has 0 aliphatic heterocycles. The number of nitrogens with one attached hydrogen (secondary N) is 1. The van der Waals surface area contributed by atoms with Gasteiger partial charge in [-0.05, 0) is 59.1 Å². The molecule has 23 heavy (non-hydrogen) atoms. The maximum atomic E-state index is 11.6. The number of aromatic nitrogens is 1. The van der Waals surface area contributed by atoms with Crippen LogP contribution in [0, 0.1) is 6.92 Å². The van der Waals surface area contributed by atoms with Gasteiger partial charge in [0, 0.05) is 11.0 Å². The van der Waals surface area contributed by atoms with Crippen LogP contribution >= 0.6 is 15.9 Å². The topological polar surface area (TPSA) is 94.3 Å². The smallest absolute Gasteiger partial charge is 0.241 e. The number of primary sulfonamides is 1. The molecule has 124 valence electrons. The fraction of sp³-hybridized carbons (Fsp3) is 0.267. The molecule has 0 spiro atoms. The van der Waals surface area contributed by atoms with E-state index in [4.69, 9.17) is 9.88 Å². The molecule has 0 radical (unpaired) electrons. The zero-order chi connectivity index (χ0) is 17.0. The molecular formula is C15H18BrN3O3S. The van der Waals surface area contributed by atoms with E-state index in [9.17, 15) is 8.42 Å². The summed E-state index contributed by atoms with van der Waals surface area (Å²) >= 11 is 3.40. The third-order valence-electron chi connectivity index (χ3n) is 3.28. The molecule has 8 heteroatoms. The maximum absolute atomic E-state index is 11.6. The van der Waals surface area contributed by atoms with Gasteiger partial charge >= 0.3 is 0 Å². The number of hydrogen-bond donors (Lipinski definition) is 2. The minimum absolute atomic E-state index is 0.00453. The molecule has 2 aromatic rings. The minimum Gasteiger partial charge on any atom is -0.495 e. The predicted octanol–water partition coefficient (Wildman–Crippen LogP) is 2.46. The number of nitrogens with zero attached hydrogens (tertiary/aromatic N) is 1. The van der Waals surface area contributed by atoms with Gasteiger partial charge in [0.15, 0.2) is 0 Å². The van der Waals surface area contributed by atoms with Crippen molar-refractivity contribution in [1.82, 2.24) is 4.98 Å². The Morgan fingerprint density at radius 1 is 1.30 bits per heavy atom. The van der Waals surface area contributed by atoms with E-state index < -0.39 is 10.0 Å². The molecule has 0 aliphatic carbocycles. The van der Waals surface area contributed by atoms with Gasteiger partial charge in [0.05, 0.1) is 12.8 Å². The zero-order valence-electron chi connectivity index (χ0n) is 12.8. The molecular weight excluding hydrogens is 382 g/mol. The van der Waals surface area contributed by atoms with E-state index in [1.165, 1.54) is 13.2 Å². The van der Waals surface area contributed by atoms with Crippen LogP contribution in [-0.2, 0) is 16.4 Å². The van der Waals surface area contributed by atoms with Crippen LogP contribution in [0.15, 0.2) is 39.7 Å². The molecule has 6 nitrogen and oxygen atoms in total. The summed E-state index contributed by atoms with van der Waals surface area (Å²) in [6.07, 6.45) is 0.628. The van der Waals surface area contributed by atoms with Crippen LogP contribution < -0.4 is 15.2 Å². The summed E-state index contributed by atoms with van der Waals surface area (Å²) in [4.78, 5) is 4.39. The Morgan fingerprint density at radius 3 is 2.65 bits per heavy atom. The van der Waals surface area contributed by atoms with Crippen LogP contribution in [0.1, 0.15) is 11.3 Å². The van der Waals surface area contributed by atoms with Crippen molar-refractivity contribution in [3.8, 4) is 5.75 Å². The molecule has 1 aromatic heterocycles. The standard InChI is InChI=1S/C15H18BrN3O3S/c1-10-12(16)4-6-15(19-10)18-8-7-11-3-5-13(22-2)14(9-11)23(17,20)21/h3-6,9H,7-8H2,1-2H3,(H,18,19)(H2,17,20,21). The second kappa shape index (κ2) is 7.29.